The molecular formula is C15H19NOS. The zero-order chi connectivity index (χ0) is 13.0. The van der Waals surface area contributed by atoms with Crippen molar-refractivity contribution in [3.8, 4) is 0 Å². The van der Waals surface area contributed by atoms with Crippen molar-refractivity contribution in [2.45, 2.75) is 26.4 Å². The van der Waals surface area contributed by atoms with Gasteiger partial charge in [0.25, 0.3) is 0 Å². The molecular weight excluding hydrogens is 242 g/mol. The van der Waals surface area contributed by atoms with Crippen LogP contribution in [0.3, 0.4) is 0 Å². The number of aromatic nitrogens is 1. The van der Waals surface area contributed by atoms with Crippen molar-refractivity contribution in [3.05, 3.63) is 41.6 Å². The Morgan fingerprint density at radius 1 is 1.28 bits per heavy atom. The van der Waals surface area contributed by atoms with Gasteiger partial charge in [-0.2, -0.15) is 11.8 Å². The first-order chi connectivity index (χ1) is 8.70. The zero-order valence-corrected chi connectivity index (χ0v) is 11.7. The summed E-state index contributed by atoms with van der Waals surface area (Å²) in [4.78, 5) is 4.47. The first-order valence-corrected chi connectivity index (χ1v) is 7.49. The van der Waals surface area contributed by atoms with Crippen LogP contribution in [0.15, 0.2) is 30.3 Å². The van der Waals surface area contributed by atoms with Crippen LogP contribution in [0.4, 0.5) is 0 Å². The Kier molecular flexibility index (Phi) is 4.61. The van der Waals surface area contributed by atoms with Crippen LogP contribution in [-0.2, 0) is 0 Å². The third kappa shape index (κ3) is 3.24. The van der Waals surface area contributed by atoms with Crippen LogP contribution in [0.2, 0.25) is 0 Å². The number of aliphatic hydroxyl groups excluding tert-OH is 1. The Morgan fingerprint density at radius 3 is 2.89 bits per heavy atom. The molecule has 1 unspecified atom stereocenters. The second-order valence-electron chi connectivity index (χ2n) is 4.41. The van der Waals surface area contributed by atoms with Crippen LogP contribution >= 0.6 is 11.8 Å². The molecule has 0 amide bonds. The van der Waals surface area contributed by atoms with E-state index in [0.717, 1.165) is 40.1 Å². The van der Waals surface area contributed by atoms with Crippen molar-refractivity contribution in [2.75, 3.05) is 11.5 Å². The molecule has 1 N–H and O–H groups in total. The van der Waals surface area contributed by atoms with Gasteiger partial charge in [0.2, 0.25) is 0 Å². The summed E-state index contributed by atoms with van der Waals surface area (Å²) in [7, 11) is 0. The fourth-order valence-corrected chi connectivity index (χ4v) is 2.64. The van der Waals surface area contributed by atoms with Crippen LogP contribution in [0.5, 0.6) is 0 Å². The van der Waals surface area contributed by atoms with Crippen molar-refractivity contribution in [2.24, 2.45) is 0 Å². The second-order valence-corrected chi connectivity index (χ2v) is 5.80. The monoisotopic (exact) mass is 261 g/mol. The quantitative estimate of drug-likeness (QED) is 0.833. The number of benzene rings is 1. The van der Waals surface area contributed by atoms with E-state index in [1.165, 1.54) is 0 Å². The summed E-state index contributed by atoms with van der Waals surface area (Å²) in [5.41, 5.74) is 3.01. The van der Waals surface area contributed by atoms with Crippen molar-refractivity contribution in [1.29, 1.82) is 0 Å². The Hall–Kier alpha value is -1.06. The van der Waals surface area contributed by atoms with Crippen molar-refractivity contribution < 1.29 is 5.11 Å². The SMILES string of the molecule is CCSCCC(O)c1ccc2nc(C)ccc2c1. The van der Waals surface area contributed by atoms with Gasteiger partial charge in [-0.25, -0.2) is 0 Å². The molecule has 0 radical (unpaired) electrons. The van der Waals surface area contributed by atoms with Crippen LogP contribution in [-0.4, -0.2) is 21.6 Å². The lowest BCUT2D eigenvalue weighted by Gasteiger charge is -2.11. The minimum atomic E-state index is -0.366. The molecule has 18 heavy (non-hydrogen) atoms. The van der Waals surface area contributed by atoms with Crippen LogP contribution < -0.4 is 0 Å². The lowest BCUT2D eigenvalue weighted by Crippen LogP contribution is -1.99. The van der Waals surface area contributed by atoms with E-state index in [-0.39, 0.29) is 6.10 Å². The van der Waals surface area contributed by atoms with Gasteiger partial charge < -0.3 is 5.11 Å². The maximum atomic E-state index is 10.1. The molecule has 1 atom stereocenters. The average Bonchev–Trinajstić information content (AvgIpc) is 2.38. The Balaban J connectivity index is 2.16. The molecule has 0 spiro atoms. The number of rotatable bonds is 5. The highest BCUT2D eigenvalue weighted by Crippen LogP contribution is 2.23. The molecule has 1 heterocycles. The molecule has 0 fully saturated rings. The molecule has 0 bridgehead atoms. The summed E-state index contributed by atoms with van der Waals surface area (Å²) in [6.07, 6.45) is 0.443. The van der Waals surface area contributed by atoms with Crippen LogP contribution in [0.1, 0.15) is 30.7 Å². The third-order valence-corrected chi connectivity index (χ3v) is 3.91. The molecule has 0 aliphatic carbocycles. The van der Waals surface area contributed by atoms with Crippen molar-refractivity contribution in [1.82, 2.24) is 4.98 Å². The maximum absolute atomic E-state index is 10.1. The Bertz CT molecular complexity index is 527. The molecule has 0 aliphatic rings. The molecule has 0 aliphatic heterocycles. The van der Waals surface area contributed by atoms with E-state index >= 15 is 0 Å². The first-order valence-electron chi connectivity index (χ1n) is 6.34. The lowest BCUT2D eigenvalue weighted by molar-refractivity contribution is 0.175. The van der Waals surface area contributed by atoms with Crippen LogP contribution in [0, 0.1) is 6.92 Å². The standard InChI is InChI=1S/C15H19NOS/c1-3-18-9-8-15(17)13-6-7-14-12(10-13)5-4-11(2)16-14/h4-7,10,15,17H,3,8-9H2,1-2H3. The average molecular weight is 261 g/mol. The van der Waals surface area contributed by atoms with Gasteiger partial charge in [0.15, 0.2) is 0 Å². The maximum Gasteiger partial charge on any atom is 0.0798 e. The number of fused-ring (bicyclic) bond motifs is 1. The summed E-state index contributed by atoms with van der Waals surface area (Å²) in [5.74, 6) is 2.11. The number of pyridine rings is 1. The minimum absolute atomic E-state index is 0.366. The van der Waals surface area contributed by atoms with Gasteiger partial charge in [-0.3, -0.25) is 4.98 Å². The normalized spacial score (nSPS) is 12.8. The van der Waals surface area contributed by atoms with Gasteiger partial charge in [0, 0.05) is 11.1 Å². The Morgan fingerprint density at radius 2 is 2.11 bits per heavy atom. The minimum Gasteiger partial charge on any atom is -0.388 e. The van der Waals surface area contributed by atoms with E-state index in [4.69, 9.17) is 0 Å². The topological polar surface area (TPSA) is 33.1 Å². The van der Waals surface area contributed by atoms with E-state index in [2.05, 4.69) is 18.0 Å². The summed E-state index contributed by atoms with van der Waals surface area (Å²) in [5, 5.41) is 11.2. The molecule has 96 valence electrons. The summed E-state index contributed by atoms with van der Waals surface area (Å²) >= 11 is 1.86. The van der Waals surface area contributed by atoms with Crippen molar-refractivity contribution >= 4 is 22.7 Å². The highest BCUT2D eigenvalue weighted by molar-refractivity contribution is 7.99. The van der Waals surface area contributed by atoms with Gasteiger partial charge >= 0.3 is 0 Å². The molecule has 1 aromatic carbocycles. The molecule has 0 saturated heterocycles. The van der Waals surface area contributed by atoms with E-state index in [0.29, 0.717) is 0 Å². The number of aliphatic hydroxyl groups is 1. The molecule has 2 nitrogen and oxygen atoms in total. The second kappa shape index (κ2) is 6.21. The highest BCUT2D eigenvalue weighted by atomic mass is 32.2. The number of hydrogen-bond donors (Lipinski definition) is 1. The predicted octanol–water partition coefficient (Wildman–Crippen LogP) is 3.72. The lowest BCUT2D eigenvalue weighted by atomic mass is 10.0. The number of thioether (sulfide) groups is 1. The number of nitrogens with zero attached hydrogens (tertiary/aromatic N) is 1. The third-order valence-electron chi connectivity index (χ3n) is 2.98. The van der Waals surface area contributed by atoms with E-state index in [1.807, 2.05) is 43.0 Å². The summed E-state index contributed by atoms with van der Waals surface area (Å²) < 4.78 is 0. The summed E-state index contributed by atoms with van der Waals surface area (Å²) in [6, 6.07) is 10.1. The highest BCUT2D eigenvalue weighted by Gasteiger charge is 2.08. The zero-order valence-electron chi connectivity index (χ0n) is 10.9. The van der Waals surface area contributed by atoms with Gasteiger partial charge in [0.1, 0.15) is 0 Å². The fourth-order valence-electron chi connectivity index (χ4n) is 1.96. The Labute approximate surface area is 112 Å². The van der Waals surface area contributed by atoms with Crippen molar-refractivity contribution in [3.63, 3.8) is 0 Å². The summed E-state index contributed by atoms with van der Waals surface area (Å²) in [6.45, 7) is 4.13. The van der Waals surface area contributed by atoms with E-state index in [9.17, 15) is 5.11 Å². The number of aryl methyl sites for hydroxylation is 1. The van der Waals surface area contributed by atoms with Crippen LogP contribution in [0.25, 0.3) is 10.9 Å². The smallest absolute Gasteiger partial charge is 0.0798 e. The predicted molar refractivity (Wildman–Crippen MR) is 79.1 cm³/mol. The van der Waals surface area contributed by atoms with E-state index < -0.39 is 0 Å². The largest absolute Gasteiger partial charge is 0.388 e. The van der Waals surface area contributed by atoms with Gasteiger partial charge in [-0.1, -0.05) is 19.1 Å². The molecule has 2 aromatic rings. The molecule has 0 saturated carbocycles. The van der Waals surface area contributed by atoms with E-state index in [1.54, 1.807) is 0 Å². The molecule has 1 aromatic heterocycles. The van der Waals surface area contributed by atoms with Gasteiger partial charge in [0.05, 0.1) is 11.6 Å². The van der Waals surface area contributed by atoms with Gasteiger partial charge in [-0.15, -0.1) is 0 Å². The fraction of sp³-hybridized carbons (Fsp3) is 0.400. The molecule has 3 heteroatoms. The first kappa shape index (κ1) is 13.4. The molecule has 2 rings (SSSR count). The number of hydrogen-bond acceptors (Lipinski definition) is 3. The van der Waals surface area contributed by atoms with Gasteiger partial charge in [-0.05, 0) is 48.6 Å².